The van der Waals surface area contributed by atoms with Gasteiger partial charge in [-0.05, 0) is 6.42 Å². The van der Waals surface area contributed by atoms with Gasteiger partial charge >= 0.3 is 0 Å². The predicted molar refractivity (Wildman–Crippen MR) is 64.7 cm³/mol. The fraction of sp³-hybridized carbons (Fsp3) is 1.00. The van der Waals surface area contributed by atoms with E-state index in [9.17, 15) is 9.46 Å². The zero-order valence-corrected chi connectivity index (χ0v) is 12.3. The van der Waals surface area contributed by atoms with Gasteiger partial charge in [-0.25, -0.2) is 0 Å². The molecule has 3 atom stereocenters. The molecule has 0 aromatic heterocycles. The van der Waals surface area contributed by atoms with E-state index >= 15 is 0 Å². The van der Waals surface area contributed by atoms with Crippen molar-refractivity contribution in [3.05, 3.63) is 0 Å². The van der Waals surface area contributed by atoms with Crippen LogP contribution in [0.4, 0.5) is 0 Å². The molecule has 0 rings (SSSR count). The van der Waals surface area contributed by atoms with E-state index in [1.54, 1.807) is 0 Å². The second kappa shape index (κ2) is 7.55. The molecule has 0 saturated carbocycles. The van der Waals surface area contributed by atoms with E-state index < -0.39 is 33.2 Å². The van der Waals surface area contributed by atoms with Crippen LogP contribution in [0.1, 0.15) is 13.3 Å². The lowest BCUT2D eigenvalue weighted by molar-refractivity contribution is -0.873. The van der Waals surface area contributed by atoms with Crippen LogP contribution >= 0.6 is 7.82 Å². The summed E-state index contributed by atoms with van der Waals surface area (Å²) in [5.41, 5.74) is 0. The largest absolute Gasteiger partial charge is 0.756 e. The van der Waals surface area contributed by atoms with Crippen molar-refractivity contribution in [3.63, 3.8) is 0 Å². The lowest BCUT2D eigenvalue weighted by atomic mass is 10.2. The highest BCUT2D eigenvalue weighted by Gasteiger charge is 2.23. The van der Waals surface area contributed by atoms with Crippen molar-refractivity contribution in [2.45, 2.75) is 25.6 Å². The maximum atomic E-state index is 11.5. The third-order valence-electron chi connectivity index (χ3n) is 2.12. The molecule has 18 heavy (non-hydrogen) atoms. The Morgan fingerprint density at radius 2 is 1.94 bits per heavy atom. The van der Waals surface area contributed by atoms with E-state index in [0.717, 1.165) is 0 Å². The SMILES string of the molecule is CCC(C[N+](C)(C)C)OP(=O)([O-])OC[C@@H](O)CO. The van der Waals surface area contributed by atoms with E-state index in [2.05, 4.69) is 4.52 Å². The Bertz CT molecular complexity index is 280. The van der Waals surface area contributed by atoms with Crippen molar-refractivity contribution >= 4 is 7.82 Å². The van der Waals surface area contributed by atoms with Crippen molar-refractivity contribution in [2.24, 2.45) is 0 Å². The molecule has 0 bridgehead atoms. The first-order valence-corrected chi connectivity index (χ1v) is 7.29. The third kappa shape index (κ3) is 8.99. The van der Waals surface area contributed by atoms with E-state index in [0.29, 0.717) is 17.4 Å². The zero-order valence-electron chi connectivity index (χ0n) is 11.4. The smallest absolute Gasteiger partial charge is 0.268 e. The second-order valence-corrected chi connectivity index (χ2v) is 6.55. The molecular formula is C10H24NO6P. The number of quaternary nitrogens is 1. The van der Waals surface area contributed by atoms with Crippen LogP contribution in [0.15, 0.2) is 0 Å². The number of likely N-dealkylation sites (N-methyl/N-ethyl adjacent to an activating group) is 1. The van der Waals surface area contributed by atoms with E-state index in [-0.39, 0.29) is 0 Å². The normalized spacial score (nSPS) is 19.3. The molecule has 0 aromatic carbocycles. The summed E-state index contributed by atoms with van der Waals surface area (Å²) in [4.78, 5) is 11.5. The molecule has 0 radical (unpaired) electrons. The first kappa shape index (κ1) is 18.0. The fourth-order valence-corrected chi connectivity index (χ4v) is 2.29. The van der Waals surface area contributed by atoms with Gasteiger partial charge in [-0.1, -0.05) is 6.92 Å². The van der Waals surface area contributed by atoms with Gasteiger partial charge in [0.2, 0.25) is 0 Å². The molecule has 0 aliphatic rings. The number of rotatable bonds is 9. The van der Waals surface area contributed by atoms with Crippen molar-refractivity contribution in [2.75, 3.05) is 40.9 Å². The topological polar surface area (TPSA) is 99.1 Å². The van der Waals surface area contributed by atoms with Gasteiger partial charge in [-0.3, -0.25) is 4.57 Å². The molecule has 2 N–H and O–H groups in total. The molecular weight excluding hydrogens is 261 g/mol. The minimum atomic E-state index is -4.45. The van der Waals surface area contributed by atoms with Crippen molar-refractivity contribution in [3.8, 4) is 0 Å². The van der Waals surface area contributed by atoms with Crippen LogP contribution in [-0.2, 0) is 13.6 Å². The number of hydrogen-bond acceptors (Lipinski definition) is 6. The van der Waals surface area contributed by atoms with Crippen LogP contribution in [0.25, 0.3) is 0 Å². The summed E-state index contributed by atoms with van der Waals surface area (Å²) >= 11 is 0. The van der Waals surface area contributed by atoms with Crippen LogP contribution in [0.2, 0.25) is 0 Å². The summed E-state index contributed by atoms with van der Waals surface area (Å²) in [6.45, 7) is 1.28. The molecule has 0 saturated heterocycles. The van der Waals surface area contributed by atoms with Gasteiger partial charge in [0.15, 0.2) is 0 Å². The van der Waals surface area contributed by atoms with Gasteiger partial charge < -0.3 is 28.6 Å². The Morgan fingerprint density at radius 3 is 2.33 bits per heavy atom. The van der Waals surface area contributed by atoms with Gasteiger partial charge in [0.25, 0.3) is 7.82 Å². The molecule has 7 nitrogen and oxygen atoms in total. The van der Waals surface area contributed by atoms with Gasteiger partial charge in [0.1, 0.15) is 18.8 Å². The zero-order chi connectivity index (χ0) is 14.4. The van der Waals surface area contributed by atoms with Crippen LogP contribution < -0.4 is 4.89 Å². The van der Waals surface area contributed by atoms with E-state index in [1.807, 2.05) is 28.1 Å². The van der Waals surface area contributed by atoms with Gasteiger partial charge in [-0.2, -0.15) is 0 Å². The highest BCUT2D eigenvalue weighted by atomic mass is 31.2. The Morgan fingerprint density at radius 1 is 1.39 bits per heavy atom. The van der Waals surface area contributed by atoms with Crippen LogP contribution in [0.5, 0.6) is 0 Å². The molecule has 0 heterocycles. The summed E-state index contributed by atoms with van der Waals surface area (Å²) < 4.78 is 21.5. The van der Waals surface area contributed by atoms with Crippen molar-refractivity contribution in [1.82, 2.24) is 0 Å². The molecule has 0 aliphatic heterocycles. The monoisotopic (exact) mass is 285 g/mol. The molecule has 8 heteroatoms. The van der Waals surface area contributed by atoms with Crippen molar-refractivity contribution < 1.29 is 33.2 Å². The lowest BCUT2D eigenvalue weighted by Crippen LogP contribution is -2.42. The Kier molecular flexibility index (Phi) is 7.54. The predicted octanol–water partition coefficient (Wildman–Crippen LogP) is -0.674. The number of aliphatic hydroxyl groups is 2. The highest BCUT2D eigenvalue weighted by Crippen LogP contribution is 2.40. The summed E-state index contributed by atoms with van der Waals surface area (Å²) in [6, 6.07) is 0. The molecule has 0 fully saturated rings. The summed E-state index contributed by atoms with van der Waals surface area (Å²) in [5, 5.41) is 17.6. The van der Waals surface area contributed by atoms with Crippen LogP contribution in [-0.4, -0.2) is 67.8 Å². The maximum Gasteiger partial charge on any atom is 0.268 e. The van der Waals surface area contributed by atoms with E-state index in [1.165, 1.54) is 0 Å². The Hall–Kier alpha value is -0.0100. The van der Waals surface area contributed by atoms with Gasteiger partial charge in [0, 0.05) is 0 Å². The van der Waals surface area contributed by atoms with E-state index in [4.69, 9.17) is 14.7 Å². The van der Waals surface area contributed by atoms with Crippen LogP contribution in [0, 0.1) is 0 Å². The maximum absolute atomic E-state index is 11.5. The molecule has 2 unspecified atom stereocenters. The summed E-state index contributed by atoms with van der Waals surface area (Å²) in [5.74, 6) is 0. The average molecular weight is 285 g/mol. The first-order chi connectivity index (χ1) is 8.09. The number of phosphoric acid groups is 1. The minimum Gasteiger partial charge on any atom is -0.756 e. The van der Waals surface area contributed by atoms with Gasteiger partial charge in [0.05, 0.1) is 34.4 Å². The Balaban J connectivity index is 4.31. The molecule has 0 aromatic rings. The lowest BCUT2D eigenvalue weighted by Gasteiger charge is -2.32. The number of nitrogens with zero attached hydrogens (tertiary/aromatic N) is 1. The molecule has 110 valence electrons. The quantitative estimate of drug-likeness (QED) is 0.430. The van der Waals surface area contributed by atoms with Crippen molar-refractivity contribution in [1.29, 1.82) is 0 Å². The first-order valence-electron chi connectivity index (χ1n) is 5.83. The third-order valence-corrected chi connectivity index (χ3v) is 3.14. The molecule has 0 amide bonds. The Labute approximate surface area is 108 Å². The average Bonchev–Trinajstić information content (AvgIpc) is 2.22. The number of hydrogen-bond donors (Lipinski definition) is 2. The number of phosphoric ester groups is 1. The highest BCUT2D eigenvalue weighted by molar-refractivity contribution is 7.45. The number of aliphatic hydroxyl groups excluding tert-OH is 2. The standard InChI is InChI=1S/C10H24NO6P/c1-5-10(6-11(2,3)4)17-18(14,15)16-8-9(13)7-12/h9-10,12-13H,5-8H2,1-4H3/t9-,10?/m0/s1. The summed E-state index contributed by atoms with van der Waals surface area (Å²) in [6.07, 6.45) is -1.16. The fourth-order valence-electron chi connectivity index (χ4n) is 1.29. The molecule has 0 spiro atoms. The molecule has 0 aliphatic carbocycles. The van der Waals surface area contributed by atoms with Gasteiger partial charge in [-0.15, -0.1) is 0 Å². The summed E-state index contributed by atoms with van der Waals surface area (Å²) in [7, 11) is 1.34. The minimum absolute atomic E-state index is 0.473. The van der Waals surface area contributed by atoms with Crippen LogP contribution in [0.3, 0.4) is 0 Å². The second-order valence-electron chi connectivity index (χ2n) is 5.19.